The minimum atomic E-state index is -1.71. The summed E-state index contributed by atoms with van der Waals surface area (Å²) >= 11 is 0. The Morgan fingerprint density at radius 2 is 1.77 bits per heavy atom. The van der Waals surface area contributed by atoms with Crippen LogP contribution in [0, 0.1) is 0 Å². The van der Waals surface area contributed by atoms with Crippen LogP contribution in [0.5, 0.6) is 5.75 Å². The van der Waals surface area contributed by atoms with E-state index in [0.29, 0.717) is 22.8 Å². The van der Waals surface area contributed by atoms with Crippen LogP contribution in [0.15, 0.2) is 42.5 Å². The molecule has 0 aromatic heterocycles. The molecule has 0 radical (unpaired) electrons. The summed E-state index contributed by atoms with van der Waals surface area (Å²) in [6.07, 6.45) is 0. The lowest BCUT2D eigenvalue weighted by Gasteiger charge is -2.33. The largest absolute Gasteiger partial charge is 0.454 e. The summed E-state index contributed by atoms with van der Waals surface area (Å²) in [5.41, 5.74) is 1.95. The van der Waals surface area contributed by atoms with Gasteiger partial charge in [-0.05, 0) is 23.1 Å². The van der Waals surface area contributed by atoms with E-state index in [4.69, 9.17) is 4.74 Å². The smallest absolute Gasteiger partial charge is 0.269 e. The molecule has 2 aliphatic rings. The van der Waals surface area contributed by atoms with Crippen molar-refractivity contribution in [2.24, 2.45) is 0 Å². The first-order valence-electron chi connectivity index (χ1n) is 7.77. The minimum absolute atomic E-state index is 0.236. The molecule has 1 aliphatic carbocycles. The number of ether oxygens (including phenoxy) is 1. The van der Waals surface area contributed by atoms with Crippen LogP contribution in [-0.4, -0.2) is 10.2 Å². The van der Waals surface area contributed by atoms with E-state index >= 15 is 0 Å². The fourth-order valence-corrected chi connectivity index (χ4v) is 3.91. The van der Waals surface area contributed by atoms with E-state index in [9.17, 15) is 10.2 Å². The Kier molecular flexibility index (Phi) is 2.58. The highest BCUT2D eigenvalue weighted by molar-refractivity contribution is 5.57. The van der Waals surface area contributed by atoms with Crippen LogP contribution in [0.25, 0.3) is 0 Å². The van der Waals surface area contributed by atoms with Crippen LogP contribution >= 0.6 is 0 Å². The number of benzene rings is 2. The lowest BCUT2D eigenvalue weighted by Crippen LogP contribution is -2.47. The minimum Gasteiger partial charge on any atom is -0.454 e. The molecule has 0 saturated carbocycles. The fraction of sp³-hybridized carbons (Fsp3) is 0.368. The Balaban J connectivity index is 1.95. The van der Waals surface area contributed by atoms with E-state index in [2.05, 4.69) is 13.8 Å². The Morgan fingerprint density at radius 3 is 2.50 bits per heavy atom. The Bertz CT molecular complexity index is 767. The zero-order valence-electron chi connectivity index (χ0n) is 13.0. The molecular formula is C19H20O3. The van der Waals surface area contributed by atoms with E-state index in [1.807, 2.05) is 49.4 Å². The van der Waals surface area contributed by atoms with Crippen molar-refractivity contribution in [1.29, 1.82) is 0 Å². The third-order valence-electron chi connectivity index (χ3n) is 5.28. The first-order chi connectivity index (χ1) is 10.4. The summed E-state index contributed by atoms with van der Waals surface area (Å²) in [6.45, 7) is 6.16. The normalized spacial score (nSPS) is 31.6. The molecule has 1 aliphatic heterocycles. The molecular weight excluding hydrogens is 276 g/mol. The van der Waals surface area contributed by atoms with Gasteiger partial charge >= 0.3 is 0 Å². The van der Waals surface area contributed by atoms with Crippen LogP contribution in [0.3, 0.4) is 0 Å². The average Bonchev–Trinajstić information content (AvgIpc) is 2.84. The first-order valence-corrected chi connectivity index (χ1v) is 7.77. The monoisotopic (exact) mass is 296 g/mol. The number of hydrogen-bond acceptors (Lipinski definition) is 3. The molecule has 22 heavy (non-hydrogen) atoms. The molecule has 1 heterocycles. The highest BCUT2D eigenvalue weighted by atomic mass is 16.7. The second-order valence-corrected chi connectivity index (χ2v) is 6.73. The van der Waals surface area contributed by atoms with Crippen LogP contribution in [-0.2, 0) is 11.4 Å². The van der Waals surface area contributed by atoms with Gasteiger partial charge in [0.1, 0.15) is 5.75 Å². The number of hydrogen-bond donors (Lipinski definition) is 2. The van der Waals surface area contributed by atoms with Gasteiger partial charge in [-0.25, -0.2) is 0 Å². The van der Waals surface area contributed by atoms with E-state index in [1.54, 1.807) is 0 Å². The van der Waals surface area contributed by atoms with Crippen molar-refractivity contribution in [2.75, 3.05) is 0 Å². The van der Waals surface area contributed by atoms with Gasteiger partial charge < -0.3 is 14.9 Å². The number of fused-ring (bicyclic) bond motifs is 5. The molecule has 114 valence electrons. The number of rotatable bonds is 1. The molecule has 0 fully saturated rings. The van der Waals surface area contributed by atoms with Crippen molar-refractivity contribution in [1.82, 2.24) is 0 Å². The standard InChI is InChI=1S/C19H20O3/c1-11(2)13-8-9-16-17(10-13)22-19(21)15-7-5-4-6-14(15)12(3)18(16,19)20/h4-12,20-21H,1-3H3. The zero-order valence-corrected chi connectivity index (χ0v) is 13.0. The Morgan fingerprint density at radius 1 is 1.05 bits per heavy atom. The van der Waals surface area contributed by atoms with Gasteiger partial charge in [-0.3, -0.25) is 0 Å². The Hall–Kier alpha value is -1.84. The van der Waals surface area contributed by atoms with Gasteiger partial charge in [0.25, 0.3) is 5.79 Å². The van der Waals surface area contributed by atoms with Crippen LogP contribution < -0.4 is 4.74 Å². The second-order valence-electron chi connectivity index (χ2n) is 6.73. The van der Waals surface area contributed by atoms with Crippen LogP contribution in [0.1, 0.15) is 54.9 Å². The van der Waals surface area contributed by atoms with E-state index in [1.165, 1.54) is 0 Å². The maximum atomic E-state index is 11.4. The molecule has 2 N–H and O–H groups in total. The molecule has 0 spiro atoms. The SMILES string of the molecule is CC(C)c1ccc2c(c1)OC1(O)c3ccccc3C(C)C21O. The third kappa shape index (κ3) is 1.38. The van der Waals surface area contributed by atoms with Gasteiger partial charge in [-0.2, -0.15) is 0 Å². The van der Waals surface area contributed by atoms with Gasteiger partial charge in [0, 0.05) is 17.0 Å². The van der Waals surface area contributed by atoms with Crippen molar-refractivity contribution in [3.8, 4) is 5.75 Å². The molecule has 2 aromatic carbocycles. The van der Waals surface area contributed by atoms with Crippen molar-refractivity contribution >= 4 is 0 Å². The summed E-state index contributed by atoms with van der Waals surface area (Å²) in [5.74, 6) is -0.998. The summed E-state index contributed by atoms with van der Waals surface area (Å²) in [7, 11) is 0. The maximum absolute atomic E-state index is 11.4. The van der Waals surface area contributed by atoms with Crippen LogP contribution in [0.2, 0.25) is 0 Å². The first kappa shape index (κ1) is 13.8. The summed E-state index contributed by atoms with van der Waals surface area (Å²) in [4.78, 5) is 0. The predicted molar refractivity (Wildman–Crippen MR) is 83.8 cm³/mol. The second kappa shape index (κ2) is 4.12. The van der Waals surface area contributed by atoms with Crippen molar-refractivity contribution in [2.45, 2.75) is 44.0 Å². The van der Waals surface area contributed by atoms with Gasteiger partial charge in [0.2, 0.25) is 0 Å². The van der Waals surface area contributed by atoms with E-state index in [0.717, 1.165) is 11.1 Å². The lowest BCUT2D eigenvalue weighted by molar-refractivity contribution is -0.249. The molecule has 2 aromatic rings. The topological polar surface area (TPSA) is 49.7 Å². The zero-order chi connectivity index (χ0) is 15.7. The summed E-state index contributed by atoms with van der Waals surface area (Å²) < 4.78 is 5.91. The van der Waals surface area contributed by atoms with Gasteiger partial charge in [-0.1, -0.05) is 57.2 Å². The molecule has 0 bridgehead atoms. The molecule has 3 unspecified atom stereocenters. The molecule has 3 atom stereocenters. The molecule has 3 heteroatoms. The third-order valence-corrected chi connectivity index (χ3v) is 5.28. The fourth-order valence-electron chi connectivity index (χ4n) is 3.91. The van der Waals surface area contributed by atoms with Gasteiger partial charge in [0.15, 0.2) is 5.60 Å². The van der Waals surface area contributed by atoms with Crippen LogP contribution in [0.4, 0.5) is 0 Å². The molecule has 0 amide bonds. The van der Waals surface area contributed by atoms with Crippen molar-refractivity contribution in [3.63, 3.8) is 0 Å². The summed E-state index contributed by atoms with van der Waals surface area (Å²) in [5, 5.41) is 22.6. The quantitative estimate of drug-likeness (QED) is 0.848. The molecule has 4 rings (SSSR count). The summed E-state index contributed by atoms with van der Waals surface area (Å²) in [6, 6.07) is 13.4. The highest BCUT2D eigenvalue weighted by Gasteiger charge is 2.68. The number of aliphatic hydroxyl groups is 2. The van der Waals surface area contributed by atoms with Crippen molar-refractivity contribution in [3.05, 3.63) is 64.7 Å². The molecule has 3 nitrogen and oxygen atoms in total. The Labute approximate surface area is 130 Å². The van der Waals surface area contributed by atoms with Gasteiger partial charge in [-0.15, -0.1) is 0 Å². The predicted octanol–water partition coefficient (Wildman–Crippen LogP) is 3.35. The molecule has 0 saturated heterocycles. The van der Waals surface area contributed by atoms with Crippen molar-refractivity contribution < 1.29 is 14.9 Å². The average molecular weight is 296 g/mol. The van der Waals surface area contributed by atoms with E-state index in [-0.39, 0.29) is 5.92 Å². The van der Waals surface area contributed by atoms with E-state index < -0.39 is 11.4 Å². The lowest BCUT2D eigenvalue weighted by atomic mass is 9.81. The van der Waals surface area contributed by atoms with Gasteiger partial charge in [0.05, 0.1) is 0 Å². The highest BCUT2D eigenvalue weighted by Crippen LogP contribution is 2.63. The maximum Gasteiger partial charge on any atom is 0.269 e.